The van der Waals surface area contributed by atoms with E-state index in [4.69, 9.17) is 14.6 Å². The first-order valence-electron chi connectivity index (χ1n) is 5.62. The summed E-state index contributed by atoms with van der Waals surface area (Å²) in [5.41, 5.74) is 1.17. The van der Waals surface area contributed by atoms with Crippen LogP contribution >= 0.6 is 0 Å². The van der Waals surface area contributed by atoms with Crippen molar-refractivity contribution in [2.75, 3.05) is 20.3 Å². The number of benzene rings is 1. The van der Waals surface area contributed by atoms with Crippen molar-refractivity contribution in [1.29, 1.82) is 0 Å². The number of aliphatic hydroxyl groups excluding tert-OH is 1. The van der Waals surface area contributed by atoms with Gasteiger partial charge < -0.3 is 14.6 Å². The molecule has 0 amide bonds. The van der Waals surface area contributed by atoms with Gasteiger partial charge in [-0.3, -0.25) is 0 Å². The van der Waals surface area contributed by atoms with Crippen molar-refractivity contribution in [2.24, 2.45) is 0 Å². The standard InChI is InChI=1S/C13H20O3/c1-15-13(8-5-9-14)11-16-10-12-6-3-2-4-7-12/h2-4,6-7,13-14H,5,8-11H2,1H3. The molecule has 0 radical (unpaired) electrons. The fourth-order valence-corrected chi connectivity index (χ4v) is 1.47. The zero-order valence-electron chi connectivity index (χ0n) is 9.76. The summed E-state index contributed by atoms with van der Waals surface area (Å²) in [6.45, 7) is 1.39. The van der Waals surface area contributed by atoms with Gasteiger partial charge in [-0.25, -0.2) is 0 Å². The smallest absolute Gasteiger partial charge is 0.0805 e. The maximum atomic E-state index is 8.72. The first-order chi connectivity index (χ1) is 7.86. The van der Waals surface area contributed by atoms with Gasteiger partial charge in [0.1, 0.15) is 0 Å². The molecule has 16 heavy (non-hydrogen) atoms. The van der Waals surface area contributed by atoms with Crippen LogP contribution in [-0.2, 0) is 16.1 Å². The van der Waals surface area contributed by atoms with Gasteiger partial charge in [-0.1, -0.05) is 30.3 Å². The molecule has 1 unspecified atom stereocenters. The molecule has 0 bridgehead atoms. The third kappa shape index (κ3) is 5.26. The van der Waals surface area contributed by atoms with Crippen molar-refractivity contribution >= 4 is 0 Å². The summed E-state index contributed by atoms with van der Waals surface area (Å²) in [6.07, 6.45) is 1.67. The summed E-state index contributed by atoms with van der Waals surface area (Å²) in [7, 11) is 1.67. The van der Waals surface area contributed by atoms with E-state index in [0.717, 1.165) is 12.8 Å². The lowest BCUT2D eigenvalue weighted by atomic mass is 10.2. The van der Waals surface area contributed by atoms with Crippen LogP contribution < -0.4 is 0 Å². The number of aliphatic hydroxyl groups is 1. The minimum Gasteiger partial charge on any atom is -0.396 e. The molecule has 0 fully saturated rings. The lowest BCUT2D eigenvalue weighted by Gasteiger charge is -2.14. The topological polar surface area (TPSA) is 38.7 Å². The van der Waals surface area contributed by atoms with E-state index >= 15 is 0 Å². The summed E-state index contributed by atoms with van der Waals surface area (Å²) < 4.78 is 10.8. The molecule has 1 rings (SSSR count). The number of ether oxygens (including phenoxy) is 2. The molecule has 0 aromatic heterocycles. The summed E-state index contributed by atoms with van der Waals surface area (Å²) in [4.78, 5) is 0. The molecule has 0 saturated carbocycles. The molecule has 3 heteroatoms. The Morgan fingerprint density at radius 1 is 1.25 bits per heavy atom. The van der Waals surface area contributed by atoms with Gasteiger partial charge in [0.25, 0.3) is 0 Å². The molecule has 0 heterocycles. The van der Waals surface area contributed by atoms with Crippen molar-refractivity contribution in [3.05, 3.63) is 35.9 Å². The average molecular weight is 224 g/mol. The lowest BCUT2D eigenvalue weighted by molar-refractivity contribution is -0.00454. The van der Waals surface area contributed by atoms with Crippen molar-refractivity contribution < 1.29 is 14.6 Å². The highest BCUT2D eigenvalue weighted by Crippen LogP contribution is 2.05. The van der Waals surface area contributed by atoms with E-state index in [1.54, 1.807) is 7.11 Å². The first-order valence-corrected chi connectivity index (χ1v) is 5.62. The summed E-state index contributed by atoms with van der Waals surface area (Å²) in [6, 6.07) is 10.1. The highest BCUT2D eigenvalue weighted by atomic mass is 16.5. The van der Waals surface area contributed by atoms with Crippen LogP contribution in [0.3, 0.4) is 0 Å². The number of rotatable bonds is 8. The Balaban J connectivity index is 2.18. The molecule has 1 aromatic rings. The molecule has 1 aromatic carbocycles. The molecule has 0 aliphatic heterocycles. The second-order valence-electron chi connectivity index (χ2n) is 3.72. The van der Waals surface area contributed by atoms with Crippen LogP contribution in [0.2, 0.25) is 0 Å². The van der Waals surface area contributed by atoms with Crippen molar-refractivity contribution in [3.63, 3.8) is 0 Å². The van der Waals surface area contributed by atoms with Crippen LogP contribution in [0.5, 0.6) is 0 Å². The molecule has 0 spiro atoms. The Morgan fingerprint density at radius 3 is 2.62 bits per heavy atom. The molecule has 0 saturated heterocycles. The van der Waals surface area contributed by atoms with Gasteiger partial charge >= 0.3 is 0 Å². The first kappa shape index (κ1) is 13.2. The van der Waals surface area contributed by atoms with Gasteiger partial charge in [-0.2, -0.15) is 0 Å². The Labute approximate surface area is 97.0 Å². The molecule has 0 aliphatic rings. The maximum absolute atomic E-state index is 8.72. The largest absolute Gasteiger partial charge is 0.396 e. The number of methoxy groups -OCH3 is 1. The van der Waals surface area contributed by atoms with Crippen LogP contribution in [-0.4, -0.2) is 31.5 Å². The van der Waals surface area contributed by atoms with Gasteiger partial charge in [0.05, 0.1) is 19.3 Å². The maximum Gasteiger partial charge on any atom is 0.0805 e. The molecule has 3 nitrogen and oxygen atoms in total. The van der Waals surface area contributed by atoms with E-state index in [2.05, 4.69) is 0 Å². The van der Waals surface area contributed by atoms with Crippen LogP contribution in [0.25, 0.3) is 0 Å². The summed E-state index contributed by atoms with van der Waals surface area (Å²) >= 11 is 0. The minimum absolute atomic E-state index is 0.0795. The Hall–Kier alpha value is -0.900. The van der Waals surface area contributed by atoms with Crippen LogP contribution in [0.15, 0.2) is 30.3 Å². The van der Waals surface area contributed by atoms with Crippen LogP contribution in [0.4, 0.5) is 0 Å². The highest BCUT2D eigenvalue weighted by Gasteiger charge is 2.06. The highest BCUT2D eigenvalue weighted by molar-refractivity contribution is 5.13. The van der Waals surface area contributed by atoms with Crippen molar-refractivity contribution in [1.82, 2.24) is 0 Å². The zero-order chi connectivity index (χ0) is 11.6. The summed E-state index contributed by atoms with van der Waals surface area (Å²) in [5, 5.41) is 8.72. The fourth-order valence-electron chi connectivity index (χ4n) is 1.47. The van der Waals surface area contributed by atoms with E-state index in [1.807, 2.05) is 30.3 Å². The van der Waals surface area contributed by atoms with Gasteiger partial charge in [-0.05, 0) is 18.4 Å². The van der Waals surface area contributed by atoms with E-state index in [-0.39, 0.29) is 12.7 Å². The second kappa shape index (κ2) is 8.28. The van der Waals surface area contributed by atoms with Gasteiger partial charge in [-0.15, -0.1) is 0 Å². The molecule has 90 valence electrons. The molecular weight excluding hydrogens is 204 g/mol. The predicted octanol–water partition coefficient (Wildman–Crippen LogP) is 1.99. The third-order valence-corrected chi connectivity index (χ3v) is 2.43. The molecular formula is C13H20O3. The van der Waals surface area contributed by atoms with Crippen LogP contribution in [0.1, 0.15) is 18.4 Å². The quantitative estimate of drug-likeness (QED) is 0.734. The Bertz CT molecular complexity index is 261. The van der Waals surface area contributed by atoms with Crippen molar-refractivity contribution in [3.8, 4) is 0 Å². The SMILES string of the molecule is COC(CCCO)COCc1ccccc1. The Morgan fingerprint density at radius 2 is 2.00 bits per heavy atom. The average Bonchev–Trinajstić information content (AvgIpc) is 2.35. The van der Waals surface area contributed by atoms with Gasteiger partial charge in [0.2, 0.25) is 0 Å². The van der Waals surface area contributed by atoms with Crippen molar-refractivity contribution in [2.45, 2.75) is 25.6 Å². The van der Waals surface area contributed by atoms with E-state index in [9.17, 15) is 0 Å². The van der Waals surface area contributed by atoms with Crippen LogP contribution in [0, 0.1) is 0 Å². The second-order valence-corrected chi connectivity index (χ2v) is 3.72. The normalized spacial score (nSPS) is 12.6. The monoisotopic (exact) mass is 224 g/mol. The predicted molar refractivity (Wildman–Crippen MR) is 63.2 cm³/mol. The number of hydrogen-bond acceptors (Lipinski definition) is 3. The van der Waals surface area contributed by atoms with E-state index in [1.165, 1.54) is 5.56 Å². The number of hydrogen-bond donors (Lipinski definition) is 1. The van der Waals surface area contributed by atoms with E-state index in [0.29, 0.717) is 13.2 Å². The van der Waals surface area contributed by atoms with Gasteiger partial charge in [0, 0.05) is 13.7 Å². The molecule has 1 N–H and O–H groups in total. The van der Waals surface area contributed by atoms with Gasteiger partial charge in [0.15, 0.2) is 0 Å². The minimum atomic E-state index is 0.0795. The fraction of sp³-hybridized carbons (Fsp3) is 0.538. The summed E-state index contributed by atoms with van der Waals surface area (Å²) in [5.74, 6) is 0. The molecule has 0 aliphatic carbocycles. The Kier molecular flexibility index (Phi) is 6.81. The van der Waals surface area contributed by atoms with E-state index < -0.39 is 0 Å². The lowest BCUT2D eigenvalue weighted by Crippen LogP contribution is -2.18. The zero-order valence-corrected chi connectivity index (χ0v) is 9.76. The third-order valence-electron chi connectivity index (χ3n) is 2.43. The molecule has 1 atom stereocenters.